The predicted octanol–water partition coefficient (Wildman–Crippen LogP) is 2.96. The highest BCUT2D eigenvalue weighted by atomic mass is 16.5. The van der Waals surface area contributed by atoms with Crippen LogP contribution in [-0.2, 0) is 0 Å². The summed E-state index contributed by atoms with van der Waals surface area (Å²) in [6.45, 7) is 6.17. The lowest BCUT2D eigenvalue weighted by Gasteiger charge is -2.24. The van der Waals surface area contributed by atoms with Crippen LogP contribution in [0.15, 0.2) is 24.3 Å². The Morgan fingerprint density at radius 3 is 2.23 bits per heavy atom. The standard InChI is InChI=1S/C11H16O2/c1-4-11(2,3)13-10-7-5-9(12)6-8-10/h5-8,12H,4H2,1-3H3. The predicted molar refractivity (Wildman–Crippen MR) is 53.1 cm³/mol. The number of phenols is 1. The van der Waals surface area contributed by atoms with E-state index in [2.05, 4.69) is 6.92 Å². The minimum atomic E-state index is -0.142. The van der Waals surface area contributed by atoms with Gasteiger partial charge in [0, 0.05) is 0 Å². The van der Waals surface area contributed by atoms with E-state index < -0.39 is 0 Å². The van der Waals surface area contributed by atoms with Gasteiger partial charge >= 0.3 is 0 Å². The first-order valence-electron chi connectivity index (χ1n) is 4.51. The Morgan fingerprint density at radius 2 is 1.77 bits per heavy atom. The Labute approximate surface area is 79.2 Å². The molecule has 0 atom stereocenters. The van der Waals surface area contributed by atoms with Gasteiger partial charge in [0.05, 0.1) is 0 Å². The van der Waals surface area contributed by atoms with Gasteiger partial charge in [0.25, 0.3) is 0 Å². The SMILES string of the molecule is CCC(C)(C)Oc1ccc(O)cc1. The van der Waals surface area contributed by atoms with Crippen molar-refractivity contribution in [1.29, 1.82) is 0 Å². The van der Waals surface area contributed by atoms with Crippen LogP contribution in [0.3, 0.4) is 0 Å². The van der Waals surface area contributed by atoms with Gasteiger partial charge in [-0.25, -0.2) is 0 Å². The molecule has 13 heavy (non-hydrogen) atoms. The lowest BCUT2D eigenvalue weighted by Crippen LogP contribution is -2.26. The number of phenolic OH excluding ortho intramolecular Hbond substituents is 1. The maximum Gasteiger partial charge on any atom is 0.120 e. The fourth-order valence-electron chi connectivity index (χ4n) is 0.905. The Morgan fingerprint density at radius 1 is 1.23 bits per heavy atom. The van der Waals surface area contributed by atoms with Crippen molar-refractivity contribution < 1.29 is 9.84 Å². The third-order valence-corrected chi connectivity index (χ3v) is 2.08. The van der Waals surface area contributed by atoms with Crippen molar-refractivity contribution in [2.24, 2.45) is 0 Å². The van der Waals surface area contributed by atoms with Gasteiger partial charge < -0.3 is 9.84 Å². The number of rotatable bonds is 3. The van der Waals surface area contributed by atoms with E-state index in [0.717, 1.165) is 12.2 Å². The molecule has 0 saturated carbocycles. The monoisotopic (exact) mass is 180 g/mol. The molecule has 0 radical (unpaired) electrons. The molecule has 0 aliphatic carbocycles. The van der Waals surface area contributed by atoms with Gasteiger partial charge in [-0.1, -0.05) is 6.92 Å². The second-order valence-corrected chi connectivity index (χ2v) is 3.71. The summed E-state index contributed by atoms with van der Waals surface area (Å²) in [5, 5.41) is 9.06. The highest BCUT2D eigenvalue weighted by Crippen LogP contribution is 2.22. The van der Waals surface area contributed by atoms with Crippen molar-refractivity contribution in [1.82, 2.24) is 0 Å². The largest absolute Gasteiger partial charge is 0.508 e. The maximum absolute atomic E-state index is 9.06. The second kappa shape index (κ2) is 3.69. The number of hydrogen-bond donors (Lipinski definition) is 1. The molecule has 1 aromatic rings. The minimum absolute atomic E-state index is 0.142. The average Bonchev–Trinajstić information content (AvgIpc) is 2.09. The van der Waals surface area contributed by atoms with Gasteiger partial charge in [0.15, 0.2) is 0 Å². The topological polar surface area (TPSA) is 29.5 Å². The molecule has 0 amide bonds. The Hall–Kier alpha value is -1.18. The van der Waals surface area contributed by atoms with Crippen LogP contribution in [0.25, 0.3) is 0 Å². The number of hydrogen-bond acceptors (Lipinski definition) is 2. The average molecular weight is 180 g/mol. The normalized spacial score (nSPS) is 11.3. The van der Waals surface area contributed by atoms with Gasteiger partial charge in [-0.3, -0.25) is 0 Å². The summed E-state index contributed by atoms with van der Waals surface area (Å²) >= 11 is 0. The molecule has 0 spiro atoms. The zero-order chi connectivity index (χ0) is 9.90. The van der Waals surface area contributed by atoms with E-state index in [0.29, 0.717) is 0 Å². The summed E-state index contributed by atoms with van der Waals surface area (Å²) in [6, 6.07) is 6.79. The number of benzene rings is 1. The summed E-state index contributed by atoms with van der Waals surface area (Å²) in [5.41, 5.74) is -0.142. The first-order chi connectivity index (χ1) is 6.03. The summed E-state index contributed by atoms with van der Waals surface area (Å²) < 4.78 is 5.69. The van der Waals surface area contributed by atoms with Crippen LogP contribution in [0.4, 0.5) is 0 Å². The fourth-order valence-corrected chi connectivity index (χ4v) is 0.905. The van der Waals surface area contributed by atoms with E-state index in [-0.39, 0.29) is 11.4 Å². The Bertz CT molecular complexity index is 262. The van der Waals surface area contributed by atoms with Crippen molar-refractivity contribution in [2.75, 3.05) is 0 Å². The molecule has 0 unspecified atom stereocenters. The lowest BCUT2D eigenvalue weighted by molar-refractivity contribution is 0.105. The van der Waals surface area contributed by atoms with E-state index in [4.69, 9.17) is 9.84 Å². The maximum atomic E-state index is 9.06. The number of aromatic hydroxyl groups is 1. The first-order valence-corrected chi connectivity index (χ1v) is 4.51. The zero-order valence-electron chi connectivity index (χ0n) is 8.37. The van der Waals surface area contributed by atoms with Crippen molar-refractivity contribution in [3.63, 3.8) is 0 Å². The van der Waals surface area contributed by atoms with Crippen LogP contribution >= 0.6 is 0 Å². The molecule has 1 rings (SSSR count). The molecular weight excluding hydrogens is 164 g/mol. The fraction of sp³-hybridized carbons (Fsp3) is 0.455. The molecule has 2 nitrogen and oxygen atoms in total. The Kier molecular flexibility index (Phi) is 2.81. The first kappa shape index (κ1) is 9.90. The van der Waals surface area contributed by atoms with Crippen LogP contribution in [0.2, 0.25) is 0 Å². The van der Waals surface area contributed by atoms with E-state index >= 15 is 0 Å². The van der Waals surface area contributed by atoms with Crippen LogP contribution in [0, 0.1) is 0 Å². The van der Waals surface area contributed by atoms with E-state index in [1.807, 2.05) is 13.8 Å². The Balaban J connectivity index is 2.69. The zero-order valence-corrected chi connectivity index (χ0v) is 8.37. The third kappa shape index (κ3) is 2.98. The van der Waals surface area contributed by atoms with E-state index in [1.165, 1.54) is 0 Å². The molecule has 72 valence electrons. The summed E-state index contributed by atoms with van der Waals surface area (Å²) in [4.78, 5) is 0. The van der Waals surface area contributed by atoms with Crippen molar-refractivity contribution in [2.45, 2.75) is 32.8 Å². The molecule has 0 bridgehead atoms. The van der Waals surface area contributed by atoms with Crippen LogP contribution in [0.1, 0.15) is 27.2 Å². The molecule has 2 heteroatoms. The summed E-state index contributed by atoms with van der Waals surface area (Å²) in [5.74, 6) is 1.06. The molecule has 1 N–H and O–H groups in total. The van der Waals surface area contributed by atoms with Gasteiger partial charge in [-0.05, 0) is 44.5 Å². The molecule has 0 saturated heterocycles. The molecule has 0 heterocycles. The van der Waals surface area contributed by atoms with Gasteiger partial charge in [-0.15, -0.1) is 0 Å². The van der Waals surface area contributed by atoms with Crippen molar-refractivity contribution in [3.05, 3.63) is 24.3 Å². The summed E-state index contributed by atoms with van der Waals surface area (Å²) in [7, 11) is 0. The van der Waals surface area contributed by atoms with E-state index in [9.17, 15) is 0 Å². The molecule has 1 aromatic carbocycles. The van der Waals surface area contributed by atoms with Crippen LogP contribution < -0.4 is 4.74 Å². The van der Waals surface area contributed by atoms with Crippen molar-refractivity contribution >= 4 is 0 Å². The molecule has 0 aliphatic heterocycles. The van der Waals surface area contributed by atoms with E-state index in [1.54, 1.807) is 24.3 Å². The minimum Gasteiger partial charge on any atom is -0.508 e. The lowest BCUT2D eigenvalue weighted by atomic mass is 10.1. The highest BCUT2D eigenvalue weighted by molar-refractivity contribution is 5.30. The summed E-state index contributed by atoms with van der Waals surface area (Å²) in [6.07, 6.45) is 0.952. The molecular formula is C11H16O2. The second-order valence-electron chi connectivity index (χ2n) is 3.71. The quantitative estimate of drug-likeness (QED) is 0.774. The van der Waals surface area contributed by atoms with Crippen LogP contribution in [0.5, 0.6) is 11.5 Å². The van der Waals surface area contributed by atoms with Gasteiger partial charge in [0.2, 0.25) is 0 Å². The van der Waals surface area contributed by atoms with Crippen molar-refractivity contribution in [3.8, 4) is 11.5 Å². The van der Waals surface area contributed by atoms with Gasteiger partial charge in [0.1, 0.15) is 17.1 Å². The van der Waals surface area contributed by atoms with Gasteiger partial charge in [-0.2, -0.15) is 0 Å². The molecule has 0 aromatic heterocycles. The molecule has 0 fully saturated rings. The molecule has 0 aliphatic rings. The smallest absolute Gasteiger partial charge is 0.120 e. The number of ether oxygens (including phenoxy) is 1. The third-order valence-electron chi connectivity index (χ3n) is 2.08. The van der Waals surface area contributed by atoms with Crippen LogP contribution in [-0.4, -0.2) is 10.7 Å². The highest BCUT2D eigenvalue weighted by Gasteiger charge is 2.16.